The molecular weight excluding hydrogens is 407 g/mol. The van der Waals surface area contributed by atoms with E-state index in [0.717, 1.165) is 19.2 Å². The highest BCUT2D eigenvalue weighted by atomic mass is 35.5. The number of nitrogens with one attached hydrogen (secondary N) is 2. The first-order valence-corrected chi connectivity index (χ1v) is 9.40. The fourth-order valence-corrected chi connectivity index (χ4v) is 4.03. The van der Waals surface area contributed by atoms with E-state index in [-0.39, 0.29) is 40.5 Å². The van der Waals surface area contributed by atoms with E-state index in [1.807, 2.05) is 18.7 Å². The summed E-state index contributed by atoms with van der Waals surface area (Å²) in [6, 6.07) is 3.00. The first kappa shape index (κ1) is 22.4. The lowest BCUT2D eigenvalue weighted by molar-refractivity contribution is -0.384. The fourth-order valence-electron chi connectivity index (χ4n) is 3.77. The van der Waals surface area contributed by atoms with E-state index in [1.54, 1.807) is 0 Å². The molecule has 154 valence electrons. The van der Waals surface area contributed by atoms with Crippen LogP contribution < -0.4 is 10.6 Å². The Morgan fingerprint density at radius 1 is 1.29 bits per heavy atom. The molecule has 2 amide bonds. The van der Waals surface area contributed by atoms with E-state index in [9.17, 15) is 19.7 Å². The number of benzene rings is 1. The molecule has 2 fully saturated rings. The molecule has 1 aromatic rings. The van der Waals surface area contributed by atoms with Crippen LogP contribution in [0.15, 0.2) is 18.2 Å². The second-order valence-corrected chi connectivity index (χ2v) is 7.95. The number of carbonyl (C=O) groups is 2. The molecular formula is C18H24Cl2N4O4. The second-order valence-electron chi connectivity index (χ2n) is 7.54. The minimum Gasteiger partial charge on any atom is -0.340 e. The van der Waals surface area contributed by atoms with Crippen molar-refractivity contribution in [3.8, 4) is 0 Å². The quantitative estimate of drug-likeness (QED) is 0.549. The minimum absolute atomic E-state index is 0. The first-order chi connectivity index (χ1) is 12.8. The number of non-ortho nitro benzene ring substituents is 1. The zero-order valence-corrected chi connectivity index (χ0v) is 17.3. The third-order valence-corrected chi connectivity index (χ3v) is 5.64. The van der Waals surface area contributed by atoms with Gasteiger partial charge in [0.25, 0.3) is 11.6 Å². The van der Waals surface area contributed by atoms with Crippen LogP contribution in [0.3, 0.4) is 0 Å². The number of rotatable bonds is 5. The molecule has 10 heteroatoms. The van der Waals surface area contributed by atoms with Crippen LogP contribution in [0.2, 0.25) is 5.02 Å². The van der Waals surface area contributed by atoms with E-state index in [2.05, 4.69) is 10.6 Å². The number of halogens is 2. The molecule has 1 aromatic carbocycles. The molecule has 28 heavy (non-hydrogen) atoms. The molecule has 3 atom stereocenters. The highest BCUT2D eigenvalue weighted by Crippen LogP contribution is 2.28. The Morgan fingerprint density at radius 3 is 2.39 bits per heavy atom. The molecule has 0 spiro atoms. The Bertz CT molecular complexity index is 762. The Labute approximate surface area is 174 Å². The summed E-state index contributed by atoms with van der Waals surface area (Å²) in [6.07, 6.45) is 0. The monoisotopic (exact) mass is 430 g/mol. The van der Waals surface area contributed by atoms with Crippen molar-refractivity contribution in [3.63, 3.8) is 0 Å². The van der Waals surface area contributed by atoms with Gasteiger partial charge in [-0.2, -0.15) is 0 Å². The molecule has 2 aliphatic rings. The van der Waals surface area contributed by atoms with Gasteiger partial charge >= 0.3 is 0 Å². The predicted octanol–water partition coefficient (Wildman–Crippen LogP) is 2.10. The minimum atomic E-state index is -0.671. The van der Waals surface area contributed by atoms with Gasteiger partial charge < -0.3 is 15.5 Å². The molecule has 3 rings (SSSR count). The molecule has 0 radical (unpaired) electrons. The van der Waals surface area contributed by atoms with Gasteiger partial charge in [-0.25, -0.2) is 0 Å². The highest BCUT2D eigenvalue weighted by molar-refractivity contribution is 6.34. The molecule has 2 saturated heterocycles. The lowest BCUT2D eigenvalue weighted by Crippen LogP contribution is -2.51. The molecule has 2 N–H and O–H groups in total. The largest absolute Gasteiger partial charge is 0.340 e. The summed E-state index contributed by atoms with van der Waals surface area (Å²) in [6.45, 7) is 7.00. The number of likely N-dealkylation sites (tertiary alicyclic amines) is 1. The van der Waals surface area contributed by atoms with Gasteiger partial charge in [0.2, 0.25) is 5.91 Å². The maximum atomic E-state index is 13.0. The average molecular weight is 431 g/mol. The van der Waals surface area contributed by atoms with Crippen molar-refractivity contribution in [1.82, 2.24) is 15.5 Å². The standard InChI is InChI=1S/C18H23ClN4O4.ClH/c1-10(2)16(18(25)22-8-11-6-20-7-12(11)9-22)21-17(24)14-4-3-13(23(26)27)5-15(14)19;/h3-5,10-12,16,20H,6-9H2,1-2H3,(H,21,24);1H/t11-,12+,16?;. The summed E-state index contributed by atoms with van der Waals surface area (Å²) >= 11 is 6.04. The maximum Gasteiger partial charge on any atom is 0.270 e. The number of nitro groups is 1. The van der Waals surface area contributed by atoms with E-state index in [1.165, 1.54) is 12.1 Å². The van der Waals surface area contributed by atoms with Gasteiger partial charge in [0.15, 0.2) is 0 Å². The number of hydrogen-bond acceptors (Lipinski definition) is 5. The van der Waals surface area contributed by atoms with Crippen LogP contribution in [0.25, 0.3) is 0 Å². The third kappa shape index (κ3) is 4.56. The molecule has 0 bridgehead atoms. The van der Waals surface area contributed by atoms with Gasteiger partial charge in [0.05, 0.1) is 15.5 Å². The van der Waals surface area contributed by atoms with Crippen LogP contribution in [0, 0.1) is 27.9 Å². The van der Waals surface area contributed by atoms with Crippen molar-refractivity contribution in [2.24, 2.45) is 17.8 Å². The zero-order valence-electron chi connectivity index (χ0n) is 15.7. The zero-order chi connectivity index (χ0) is 19.7. The topological polar surface area (TPSA) is 105 Å². The van der Waals surface area contributed by atoms with E-state index >= 15 is 0 Å². The summed E-state index contributed by atoms with van der Waals surface area (Å²) < 4.78 is 0. The van der Waals surface area contributed by atoms with Gasteiger partial charge in [-0.3, -0.25) is 19.7 Å². The summed E-state index contributed by atoms with van der Waals surface area (Å²) in [5, 5.41) is 16.9. The summed E-state index contributed by atoms with van der Waals surface area (Å²) in [7, 11) is 0. The molecule has 2 heterocycles. The number of nitrogens with zero attached hydrogens (tertiary/aromatic N) is 2. The van der Waals surface area contributed by atoms with Crippen LogP contribution in [0.4, 0.5) is 5.69 Å². The number of fused-ring (bicyclic) bond motifs is 1. The lowest BCUT2D eigenvalue weighted by Gasteiger charge is -2.27. The van der Waals surface area contributed by atoms with Crippen molar-refractivity contribution in [1.29, 1.82) is 0 Å². The van der Waals surface area contributed by atoms with Crippen molar-refractivity contribution in [2.45, 2.75) is 19.9 Å². The Hall–Kier alpha value is -1.90. The molecule has 0 saturated carbocycles. The Balaban J connectivity index is 0.00000280. The molecule has 0 aliphatic carbocycles. The smallest absolute Gasteiger partial charge is 0.270 e. The maximum absolute atomic E-state index is 13.0. The van der Waals surface area contributed by atoms with Gasteiger partial charge in [0, 0.05) is 38.3 Å². The molecule has 8 nitrogen and oxygen atoms in total. The molecule has 1 unspecified atom stereocenters. The van der Waals surface area contributed by atoms with Crippen molar-refractivity contribution >= 4 is 41.5 Å². The summed E-state index contributed by atoms with van der Waals surface area (Å²) in [4.78, 5) is 37.7. The van der Waals surface area contributed by atoms with E-state index in [4.69, 9.17) is 11.6 Å². The van der Waals surface area contributed by atoms with Crippen LogP contribution >= 0.6 is 24.0 Å². The van der Waals surface area contributed by atoms with Gasteiger partial charge in [0.1, 0.15) is 6.04 Å². The van der Waals surface area contributed by atoms with E-state index in [0.29, 0.717) is 24.9 Å². The van der Waals surface area contributed by atoms with Gasteiger partial charge in [-0.15, -0.1) is 12.4 Å². The number of nitro benzene ring substituents is 1. The van der Waals surface area contributed by atoms with Crippen LogP contribution in [-0.4, -0.2) is 53.9 Å². The molecule has 0 aromatic heterocycles. The SMILES string of the molecule is CC(C)C(NC(=O)c1ccc([N+](=O)[O-])cc1Cl)C(=O)N1C[C@H]2CNC[C@H]2C1.Cl. The third-order valence-electron chi connectivity index (χ3n) is 5.33. The molecule has 2 aliphatic heterocycles. The van der Waals surface area contributed by atoms with Crippen molar-refractivity contribution in [3.05, 3.63) is 38.9 Å². The van der Waals surface area contributed by atoms with Crippen molar-refractivity contribution in [2.75, 3.05) is 26.2 Å². The predicted molar refractivity (Wildman–Crippen MR) is 108 cm³/mol. The normalized spacial score (nSPS) is 21.8. The number of hydrogen-bond donors (Lipinski definition) is 2. The van der Waals surface area contributed by atoms with Crippen LogP contribution in [0.5, 0.6) is 0 Å². The number of carbonyl (C=O) groups excluding carboxylic acids is 2. The summed E-state index contributed by atoms with van der Waals surface area (Å²) in [5.41, 5.74) is -0.0755. The van der Waals surface area contributed by atoms with Gasteiger partial charge in [-0.05, 0) is 23.8 Å². The van der Waals surface area contributed by atoms with E-state index < -0.39 is 16.9 Å². The van der Waals surface area contributed by atoms with Crippen LogP contribution in [0.1, 0.15) is 24.2 Å². The Kier molecular flexibility index (Phi) is 7.25. The average Bonchev–Trinajstić information content (AvgIpc) is 3.20. The Morgan fingerprint density at radius 2 is 1.89 bits per heavy atom. The first-order valence-electron chi connectivity index (χ1n) is 9.02. The van der Waals surface area contributed by atoms with Crippen molar-refractivity contribution < 1.29 is 14.5 Å². The fraction of sp³-hybridized carbons (Fsp3) is 0.556. The number of amides is 2. The highest BCUT2D eigenvalue weighted by Gasteiger charge is 2.40. The van der Waals surface area contributed by atoms with Crippen LogP contribution in [-0.2, 0) is 4.79 Å². The second kappa shape index (κ2) is 9.07. The van der Waals surface area contributed by atoms with Gasteiger partial charge in [-0.1, -0.05) is 25.4 Å². The summed E-state index contributed by atoms with van der Waals surface area (Å²) in [5.74, 6) is 0.244. The lowest BCUT2D eigenvalue weighted by atomic mass is 10.0.